The summed E-state index contributed by atoms with van der Waals surface area (Å²) in [5.74, 6) is -0.897. The summed E-state index contributed by atoms with van der Waals surface area (Å²) in [6, 6.07) is 0. The minimum absolute atomic E-state index is 0.0805. The Kier molecular flexibility index (Phi) is 47.9. The topological polar surface area (TPSA) is 78.9 Å². The fourth-order valence-electron chi connectivity index (χ4n) is 7.28. The summed E-state index contributed by atoms with van der Waals surface area (Å²) in [7, 11) is 0. The summed E-state index contributed by atoms with van der Waals surface area (Å²) in [4.78, 5) is 37.9. The fourth-order valence-corrected chi connectivity index (χ4v) is 7.28. The lowest BCUT2D eigenvalue weighted by Crippen LogP contribution is -2.30. The number of rotatable bonds is 47. The van der Waals surface area contributed by atoms with Crippen LogP contribution in [0.3, 0.4) is 0 Å². The van der Waals surface area contributed by atoms with Gasteiger partial charge in [0.1, 0.15) is 13.2 Å². The van der Waals surface area contributed by atoms with E-state index in [9.17, 15) is 14.4 Å². The van der Waals surface area contributed by atoms with E-state index in [0.29, 0.717) is 19.3 Å². The predicted molar refractivity (Wildman–Crippen MR) is 261 cm³/mol. The lowest BCUT2D eigenvalue weighted by atomic mass is 10.1. The van der Waals surface area contributed by atoms with E-state index in [2.05, 4.69) is 69.4 Å². The first kappa shape index (κ1) is 58.4. The van der Waals surface area contributed by atoms with Gasteiger partial charge < -0.3 is 14.2 Å². The maximum absolute atomic E-state index is 12.8. The highest BCUT2D eigenvalue weighted by atomic mass is 16.6. The maximum atomic E-state index is 12.8. The Balaban J connectivity index is 4.33. The SMILES string of the molecule is CCCCC/C=C\C/C=C\CCCCCCCCCCCC(=O)OC[C@@H](COC(=O)CCCCCCC/C=C\CCCCC)OC(=O)CCCCCCC/C=C\CCCCC. The quantitative estimate of drug-likeness (QED) is 0.0263. The lowest BCUT2D eigenvalue weighted by Gasteiger charge is -2.18. The van der Waals surface area contributed by atoms with E-state index in [1.54, 1.807) is 0 Å². The summed E-state index contributed by atoms with van der Waals surface area (Å²) in [5.41, 5.74) is 0. The molecule has 0 unspecified atom stereocenters. The van der Waals surface area contributed by atoms with Crippen molar-refractivity contribution in [1.29, 1.82) is 0 Å². The third-order valence-corrected chi connectivity index (χ3v) is 11.3. The maximum Gasteiger partial charge on any atom is 0.306 e. The van der Waals surface area contributed by atoms with E-state index in [-0.39, 0.29) is 31.1 Å². The first-order chi connectivity index (χ1) is 30.0. The van der Waals surface area contributed by atoms with Crippen molar-refractivity contribution >= 4 is 17.9 Å². The molecule has 0 fully saturated rings. The second kappa shape index (κ2) is 50.0. The second-order valence-corrected chi connectivity index (χ2v) is 17.4. The summed E-state index contributed by atoms with van der Waals surface area (Å²) in [6.07, 6.45) is 59.5. The molecule has 0 saturated carbocycles. The number of hydrogen-bond donors (Lipinski definition) is 0. The monoisotopic (exact) mass is 855 g/mol. The number of unbranched alkanes of at least 4 members (excludes halogenated alkanes) is 28. The van der Waals surface area contributed by atoms with Gasteiger partial charge in [-0.15, -0.1) is 0 Å². The molecule has 0 aliphatic carbocycles. The highest BCUT2D eigenvalue weighted by molar-refractivity contribution is 5.71. The van der Waals surface area contributed by atoms with Crippen LogP contribution < -0.4 is 0 Å². The Hall–Kier alpha value is -2.63. The molecule has 0 radical (unpaired) electrons. The molecule has 354 valence electrons. The van der Waals surface area contributed by atoms with Gasteiger partial charge in [-0.1, -0.05) is 191 Å². The summed E-state index contributed by atoms with van der Waals surface area (Å²) in [5, 5.41) is 0. The van der Waals surface area contributed by atoms with Crippen molar-refractivity contribution in [3.8, 4) is 0 Å². The summed E-state index contributed by atoms with van der Waals surface area (Å²) in [6.45, 7) is 6.56. The second-order valence-electron chi connectivity index (χ2n) is 17.4. The first-order valence-electron chi connectivity index (χ1n) is 26.1. The summed E-state index contributed by atoms with van der Waals surface area (Å²) < 4.78 is 16.8. The van der Waals surface area contributed by atoms with E-state index in [4.69, 9.17) is 14.2 Å². The Labute approximate surface area is 378 Å². The highest BCUT2D eigenvalue weighted by Gasteiger charge is 2.19. The van der Waals surface area contributed by atoms with Crippen LogP contribution in [0.1, 0.15) is 265 Å². The molecule has 0 saturated heterocycles. The van der Waals surface area contributed by atoms with Crippen molar-refractivity contribution in [3.63, 3.8) is 0 Å². The smallest absolute Gasteiger partial charge is 0.306 e. The van der Waals surface area contributed by atoms with Crippen molar-refractivity contribution < 1.29 is 28.6 Å². The average Bonchev–Trinajstić information content (AvgIpc) is 3.26. The summed E-state index contributed by atoms with van der Waals surface area (Å²) >= 11 is 0. The largest absolute Gasteiger partial charge is 0.462 e. The van der Waals surface area contributed by atoms with Crippen molar-refractivity contribution in [2.45, 2.75) is 271 Å². The van der Waals surface area contributed by atoms with Gasteiger partial charge in [0, 0.05) is 19.3 Å². The molecule has 0 aromatic rings. The van der Waals surface area contributed by atoms with Crippen LogP contribution in [-0.4, -0.2) is 37.2 Å². The lowest BCUT2D eigenvalue weighted by molar-refractivity contribution is -0.167. The van der Waals surface area contributed by atoms with Crippen molar-refractivity contribution in [2.75, 3.05) is 13.2 Å². The zero-order valence-electron chi connectivity index (χ0n) is 40.4. The zero-order chi connectivity index (χ0) is 44.4. The van der Waals surface area contributed by atoms with Gasteiger partial charge in [-0.2, -0.15) is 0 Å². The Morgan fingerprint density at radius 2 is 0.590 bits per heavy atom. The van der Waals surface area contributed by atoms with Crippen LogP contribution >= 0.6 is 0 Å². The number of hydrogen-bond acceptors (Lipinski definition) is 6. The van der Waals surface area contributed by atoms with Crippen LogP contribution in [0.15, 0.2) is 48.6 Å². The minimum Gasteiger partial charge on any atom is -0.462 e. The molecule has 1 atom stereocenters. The predicted octanol–water partition coefficient (Wildman–Crippen LogP) is 17.1. The first-order valence-corrected chi connectivity index (χ1v) is 26.1. The fraction of sp³-hybridized carbons (Fsp3) is 0.800. The third-order valence-electron chi connectivity index (χ3n) is 11.3. The molecule has 0 aromatic heterocycles. The minimum atomic E-state index is -0.780. The van der Waals surface area contributed by atoms with Gasteiger partial charge in [-0.05, 0) is 103 Å². The highest BCUT2D eigenvalue weighted by Crippen LogP contribution is 2.14. The molecule has 0 rings (SSSR count). The molecule has 61 heavy (non-hydrogen) atoms. The number of ether oxygens (including phenoxy) is 3. The molecule has 6 heteroatoms. The molecular formula is C55H98O6. The van der Waals surface area contributed by atoms with E-state index in [0.717, 1.165) is 83.5 Å². The van der Waals surface area contributed by atoms with E-state index in [1.807, 2.05) is 0 Å². The molecule has 0 N–H and O–H groups in total. The van der Waals surface area contributed by atoms with Crippen LogP contribution in [0.25, 0.3) is 0 Å². The standard InChI is InChI=1S/C55H98O6/c1-4-7-10-13-16-19-22-25-26-27-28-29-30-31-34-36-39-42-45-48-54(57)60-51-52(61-55(58)49-46-43-40-37-33-24-21-18-15-12-9-6-3)50-59-53(56)47-44-41-38-35-32-23-20-17-14-11-8-5-2/h16-21,25-26,52H,4-15,22-24,27-51H2,1-3H3/b19-16-,20-17-,21-18-,26-25-/t52-/m1/s1. The Morgan fingerprint density at radius 3 is 0.918 bits per heavy atom. The molecule has 0 aliphatic rings. The molecule has 0 amide bonds. The number of carbonyl (C=O) groups is 3. The van der Waals surface area contributed by atoms with Gasteiger partial charge in [0.2, 0.25) is 0 Å². The molecule has 0 spiro atoms. The number of carbonyl (C=O) groups excluding carboxylic acids is 3. The number of allylic oxidation sites excluding steroid dienone is 8. The number of esters is 3. The molecular weight excluding hydrogens is 757 g/mol. The van der Waals surface area contributed by atoms with Crippen LogP contribution in [0.5, 0.6) is 0 Å². The van der Waals surface area contributed by atoms with Crippen molar-refractivity contribution in [2.24, 2.45) is 0 Å². The molecule has 0 aromatic carbocycles. The molecule has 6 nitrogen and oxygen atoms in total. The normalized spacial score (nSPS) is 12.4. The van der Waals surface area contributed by atoms with Gasteiger partial charge in [0.05, 0.1) is 0 Å². The van der Waals surface area contributed by atoms with Gasteiger partial charge in [-0.25, -0.2) is 0 Å². The van der Waals surface area contributed by atoms with Crippen LogP contribution in [-0.2, 0) is 28.6 Å². The van der Waals surface area contributed by atoms with Crippen molar-refractivity contribution in [3.05, 3.63) is 48.6 Å². The van der Waals surface area contributed by atoms with Gasteiger partial charge in [0.15, 0.2) is 6.10 Å². The van der Waals surface area contributed by atoms with Gasteiger partial charge >= 0.3 is 17.9 Å². The third kappa shape index (κ3) is 48.3. The van der Waals surface area contributed by atoms with E-state index < -0.39 is 6.10 Å². The van der Waals surface area contributed by atoms with Gasteiger partial charge in [-0.3, -0.25) is 14.4 Å². The van der Waals surface area contributed by atoms with Crippen LogP contribution in [0.2, 0.25) is 0 Å². The Bertz CT molecular complexity index is 1070. The molecule has 0 bridgehead atoms. The van der Waals surface area contributed by atoms with Crippen molar-refractivity contribution in [1.82, 2.24) is 0 Å². The van der Waals surface area contributed by atoms with E-state index >= 15 is 0 Å². The Morgan fingerprint density at radius 1 is 0.328 bits per heavy atom. The zero-order valence-corrected chi connectivity index (χ0v) is 40.4. The molecule has 0 aliphatic heterocycles. The molecule has 0 heterocycles. The van der Waals surface area contributed by atoms with Crippen LogP contribution in [0, 0.1) is 0 Å². The van der Waals surface area contributed by atoms with Gasteiger partial charge in [0.25, 0.3) is 0 Å². The van der Waals surface area contributed by atoms with E-state index in [1.165, 1.54) is 141 Å². The average molecular weight is 855 g/mol. The van der Waals surface area contributed by atoms with Crippen LogP contribution in [0.4, 0.5) is 0 Å².